The summed E-state index contributed by atoms with van der Waals surface area (Å²) in [6.45, 7) is 0.688. The molecular weight excluding hydrogens is 286 g/mol. The van der Waals surface area contributed by atoms with Gasteiger partial charge in [0.1, 0.15) is 0 Å². The van der Waals surface area contributed by atoms with E-state index < -0.39 is 0 Å². The van der Waals surface area contributed by atoms with Gasteiger partial charge in [-0.3, -0.25) is 4.68 Å². The summed E-state index contributed by atoms with van der Waals surface area (Å²) in [6, 6.07) is 2.68. The minimum Gasteiger partial charge on any atom is -0.269 e. The third-order valence-electron chi connectivity index (χ3n) is 4.09. The van der Waals surface area contributed by atoms with Crippen LogP contribution >= 0.6 is 11.6 Å². The Morgan fingerprint density at radius 1 is 1.19 bits per heavy atom. The van der Waals surface area contributed by atoms with Gasteiger partial charge in [0.15, 0.2) is 0 Å². The molecule has 5 nitrogen and oxygen atoms in total. The second-order valence-electron chi connectivity index (χ2n) is 5.78. The zero-order valence-electron chi connectivity index (χ0n) is 12.3. The van der Waals surface area contributed by atoms with Crippen LogP contribution in [-0.2, 0) is 13.0 Å². The van der Waals surface area contributed by atoms with E-state index in [9.17, 15) is 0 Å². The van der Waals surface area contributed by atoms with E-state index in [-0.39, 0.29) is 0 Å². The van der Waals surface area contributed by atoms with Crippen molar-refractivity contribution in [2.45, 2.75) is 57.5 Å². The lowest BCUT2D eigenvalue weighted by molar-refractivity contribution is 0.327. The van der Waals surface area contributed by atoms with Gasteiger partial charge >= 0.3 is 0 Å². The highest BCUT2D eigenvalue weighted by Crippen LogP contribution is 2.27. The van der Waals surface area contributed by atoms with Crippen LogP contribution in [0.5, 0.6) is 0 Å². The fourth-order valence-corrected chi connectivity index (χ4v) is 3.09. The van der Waals surface area contributed by atoms with E-state index in [0.717, 1.165) is 24.2 Å². The van der Waals surface area contributed by atoms with Gasteiger partial charge in [-0.2, -0.15) is 5.10 Å². The van der Waals surface area contributed by atoms with Gasteiger partial charge in [0.05, 0.1) is 24.0 Å². The molecule has 1 fully saturated rings. The molecule has 3 rings (SSSR count). The van der Waals surface area contributed by atoms with Crippen LogP contribution in [0.15, 0.2) is 18.5 Å². The summed E-state index contributed by atoms with van der Waals surface area (Å²) >= 11 is 5.70. The van der Waals surface area contributed by atoms with Gasteiger partial charge in [-0.15, -0.1) is 16.7 Å². The summed E-state index contributed by atoms with van der Waals surface area (Å²) in [5.41, 5.74) is 2.05. The Kier molecular flexibility index (Phi) is 4.91. The van der Waals surface area contributed by atoms with Gasteiger partial charge in [-0.1, -0.05) is 24.5 Å². The van der Waals surface area contributed by atoms with Gasteiger partial charge in [0.25, 0.3) is 0 Å². The number of hydrogen-bond donors (Lipinski definition) is 0. The van der Waals surface area contributed by atoms with Crippen LogP contribution in [0.25, 0.3) is 0 Å². The maximum atomic E-state index is 5.70. The third-order valence-corrected chi connectivity index (χ3v) is 4.36. The van der Waals surface area contributed by atoms with Gasteiger partial charge in [-0.25, -0.2) is 4.68 Å². The van der Waals surface area contributed by atoms with Crippen LogP contribution < -0.4 is 0 Å². The molecule has 0 aliphatic heterocycles. The Balaban J connectivity index is 1.59. The van der Waals surface area contributed by atoms with Crippen molar-refractivity contribution in [1.29, 1.82) is 0 Å². The Hall–Kier alpha value is -1.36. The molecule has 0 aromatic carbocycles. The highest BCUT2D eigenvalue weighted by atomic mass is 35.5. The standard InChI is InChI=1S/C15H22ClN5/c16-9-4-5-13-11-20(19-17-13)12-14-8-10-21(18-14)15-6-2-1-3-7-15/h8,10-11,15H,1-7,9,12H2. The number of halogens is 1. The molecule has 1 aliphatic carbocycles. The quantitative estimate of drug-likeness (QED) is 0.770. The summed E-state index contributed by atoms with van der Waals surface area (Å²) in [5.74, 6) is 0.665. The van der Waals surface area contributed by atoms with E-state index in [4.69, 9.17) is 16.7 Å². The van der Waals surface area contributed by atoms with E-state index in [1.807, 2.05) is 10.9 Å². The first-order valence-corrected chi connectivity index (χ1v) is 8.37. The number of hydrogen-bond acceptors (Lipinski definition) is 3. The summed E-state index contributed by atoms with van der Waals surface area (Å²) in [6.07, 6.45) is 12.5. The molecule has 2 aromatic heterocycles. The van der Waals surface area contributed by atoms with Crippen molar-refractivity contribution >= 4 is 11.6 Å². The molecule has 0 bridgehead atoms. The number of alkyl halides is 1. The zero-order valence-corrected chi connectivity index (χ0v) is 13.0. The number of aromatic nitrogens is 5. The Morgan fingerprint density at radius 2 is 2.05 bits per heavy atom. The van der Waals surface area contributed by atoms with E-state index in [2.05, 4.69) is 27.3 Å². The normalized spacial score (nSPS) is 16.4. The fraction of sp³-hybridized carbons (Fsp3) is 0.667. The lowest BCUT2D eigenvalue weighted by atomic mass is 9.96. The highest BCUT2D eigenvalue weighted by Gasteiger charge is 2.16. The molecule has 2 heterocycles. The van der Waals surface area contributed by atoms with Crippen molar-refractivity contribution in [3.05, 3.63) is 29.8 Å². The van der Waals surface area contributed by atoms with Gasteiger partial charge in [0.2, 0.25) is 0 Å². The van der Waals surface area contributed by atoms with Crippen molar-refractivity contribution in [1.82, 2.24) is 24.8 Å². The molecule has 0 atom stereocenters. The minimum atomic E-state index is 0.586. The molecule has 2 aromatic rings. The Labute approximate surface area is 130 Å². The molecule has 0 radical (unpaired) electrons. The predicted octanol–water partition coefficient (Wildman–Crippen LogP) is 3.20. The first kappa shape index (κ1) is 14.6. The van der Waals surface area contributed by atoms with Gasteiger partial charge in [0, 0.05) is 18.3 Å². The number of aryl methyl sites for hydroxylation is 1. The van der Waals surface area contributed by atoms with Crippen molar-refractivity contribution in [2.75, 3.05) is 5.88 Å². The zero-order chi connectivity index (χ0) is 14.5. The molecule has 6 heteroatoms. The van der Waals surface area contributed by atoms with Crippen molar-refractivity contribution < 1.29 is 0 Å². The smallest absolute Gasteiger partial charge is 0.0867 e. The molecule has 114 valence electrons. The lowest BCUT2D eigenvalue weighted by Crippen LogP contribution is -2.13. The second kappa shape index (κ2) is 7.07. The summed E-state index contributed by atoms with van der Waals surface area (Å²) < 4.78 is 4.00. The Morgan fingerprint density at radius 3 is 2.86 bits per heavy atom. The van der Waals surface area contributed by atoms with Crippen LogP contribution in [0.3, 0.4) is 0 Å². The second-order valence-corrected chi connectivity index (χ2v) is 6.16. The fourth-order valence-electron chi connectivity index (χ4n) is 2.95. The minimum absolute atomic E-state index is 0.586. The van der Waals surface area contributed by atoms with E-state index in [0.29, 0.717) is 18.5 Å². The van der Waals surface area contributed by atoms with Gasteiger partial charge < -0.3 is 0 Å². The molecule has 0 unspecified atom stereocenters. The molecule has 0 saturated heterocycles. The Bertz CT molecular complexity index is 556. The van der Waals surface area contributed by atoms with Gasteiger partial charge in [-0.05, 0) is 31.7 Å². The first-order valence-electron chi connectivity index (χ1n) is 7.84. The summed E-state index contributed by atoms with van der Waals surface area (Å²) in [7, 11) is 0. The van der Waals surface area contributed by atoms with Crippen LogP contribution in [-0.4, -0.2) is 30.7 Å². The van der Waals surface area contributed by atoms with Crippen LogP contribution in [0.1, 0.15) is 56.0 Å². The molecule has 1 aliphatic rings. The van der Waals surface area contributed by atoms with Crippen molar-refractivity contribution in [2.24, 2.45) is 0 Å². The van der Waals surface area contributed by atoms with E-state index in [1.165, 1.54) is 32.1 Å². The molecule has 0 N–H and O–H groups in total. The average molecular weight is 308 g/mol. The average Bonchev–Trinajstić information content (AvgIpc) is 3.16. The van der Waals surface area contributed by atoms with Crippen molar-refractivity contribution in [3.63, 3.8) is 0 Å². The molecular formula is C15H22ClN5. The lowest BCUT2D eigenvalue weighted by Gasteiger charge is -2.21. The molecule has 0 spiro atoms. The SMILES string of the molecule is ClCCCc1cn(Cc2ccn(C3CCCCC3)n2)nn1. The largest absolute Gasteiger partial charge is 0.269 e. The molecule has 21 heavy (non-hydrogen) atoms. The molecule has 1 saturated carbocycles. The number of nitrogens with zero attached hydrogens (tertiary/aromatic N) is 5. The van der Waals surface area contributed by atoms with E-state index >= 15 is 0 Å². The predicted molar refractivity (Wildman–Crippen MR) is 82.5 cm³/mol. The van der Waals surface area contributed by atoms with E-state index in [1.54, 1.807) is 0 Å². The number of rotatable bonds is 6. The maximum absolute atomic E-state index is 5.70. The monoisotopic (exact) mass is 307 g/mol. The summed E-state index contributed by atoms with van der Waals surface area (Å²) in [4.78, 5) is 0. The van der Waals surface area contributed by atoms with Crippen LogP contribution in [0.4, 0.5) is 0 Å². The topological polar surface area (TPSA) is 48.5 Å². The van der Waals surface area contributed by atoms with Crippen LogP contribution in [0, 0.1) is 0 Å². The third kappa shape index (κ3) is 3.84. The van der Waals surface area contributed by atoms with Crippen LogP contribution in [0.2, 0.25) is 0 Å². The summed E-state index contributed by atoms with van der Waals surface area (Å²) in [5, 5.41) is 13.0. The highest BCUT2D eigenvalue weighted by molar-refractivity contribution is 6.17. The van der Waals surface area contributed by atoms with Crippen molar-refractivity contribution in [3.8, 4) is 0 Å². The molecule has 0 amide bonds. The maximum Gasteiger partial charge on any atom is 0.0867 e. The first-order chi connectivity index (χ1) is 10.3.